The van der Waals surface area contributed by atoms with Gasteiger partial charge in [-0.3, -0.25) is 0 Å². The smallest absolute Gasteiger partial charge is 0.142 e. The molecule has 400 valence electrons. The fraction of sp³-hybridized carbons (Fsp3) is 0.120. The minimum Gasteiger partial charge on any atom is -0.142 e. The molecule has 79 heavy (non-hydrogen) atoms. The molecule has 0 N–H and O–H groups in total. The Morgan fingerprint density at radius 3 is 0.519 bits per heavy atom. The summed E-state index contributed by atoms with van der Waals surface area (Å²) in [5.74, 6) is 0. The van der Waals surface area contributed by atoms with E-state index in [1.807, 2.05) is 55.4 Å². The molecule has 0 saturated carbocycles. The molecule has 0 amide bonds. The van der Waals surface area contributed by atoms with E-state index in [0.717, 1.165) is 0 Å². The average Bonchev–Trinajstić information content (AvgIpc) is 3.64. The van der Waals surface area contributed by atoms with Crippen LogP contribution >= 0.6 is 0 Å². The van der Waals surface area contributed by atoms with Crippen LogP contribution in [-0.2, 0) is 10.6 Å². The molecule has 0 aliphatic carbocycles. The van der Waals surface area contributed by atoms with E-state index in [9.17, 15) is 0 Å². The van der Waals surface area contributed by atoms with Crippen LogP contribution in [0.2, 0.25) is 0 Å². The van der Waals surface area contributed by atoms with Gasteiger partial charge < -0.3 is 0 Å². The van der Waals surface area contributed by atoms with Gasteiger partial charge in [-0.05, 0) is 106 Å². The van der Waals surface area contributed by atoms with Crippen LogP contribution in [0.1, 0.15) is 62.8 Å². The summed E-state index contributed by atoms with van der Waals surface area (Å²) in [6.45, 7) is 16.0. The van der Waals surface area contributed by atoms with Gasteiger partial charge in [0.15, 0.2) is 0 Å². The highest BCUT2D eigenvalue weighted by atomic mass is 32.2. The second-order valence-corrected chi connectivity index (χ2v) is 16.9. The summed E-state index contributed by atoms with van der Waals surface area (Å²) in [5.41, 5.74) is 22.3. The van der Waals surface area contributed by atoms with E-state index >= 15 is 0 Å². The van der Waals surface area contributed by atoms with Crippen molar-refractivity contribution in [2.24, 2.45) is 0 Å². The van der Waals surface area contributed by atoms with E-state index in [4.69, 9.17) is 12.6 Å². The Balaban J connectivity index is 0.000000285. The maximum absolute atomic E-state index is 8.44. The highest BCUT2D eigenvalue weighted by Gasteiger charge is 2.24. The normalized spacial score (nSPS) is 9.57. The van der Waals surface area contributed by atoms with Crippen LogP contribution in [0.3, 0.4) is 0 Å². The van der Waals surface area contributed by atoms with Gasteiger partial charge in [0.25, 0.3) is 0 Å². The molecule has 0 saturated heterocycles. The van der Waals surface area contributed by atoms with Gasteiger partial charge in [-0.25, -0.2) is 0 Å². The summed E-state index contributed by atoms with van der Waals surface area (Å²) in [5, 5.41) is 0. The Bertz CT molecular complexity index is 3310. The van der Waals surface area contributed by atoms with Crippen molar-refractivity contribution in [3.63, 3.8) is 0 Å². The maximum atomic E-state index is 8.44. The molecule has 0 aliphatic rings. The van der Waals surface area contributed by atoms with Crippen molar-refractivity contribution in [1.29, 1.82) is 0 Å². The van der Waals surface area contributed by atoms with E-state index in [-0.39, 0.29) is 7.43 Å². The predicted molar refractivity (Wildman–Crippen MR) is 344 cm³/mol. The van der Waals surface area contributed by atoms with E-state index < -0.39 is 10.6 Å². The summed E-state index contributed by atoms with van der Waals surface area (Å²) in [6.07, 6.45) is 0. The Hall–Kier alpha value is -8.96. The molecule has 11 rings (SSSR count). The van der Waals surface area contributed by atoms with Crippen molar-refractivity contribution in [2.45, 2.75) is 62.8 Å². The molecule has 4 heteroatoms. The first-order chi connectivity index (χ1) is 38.5. The standard InChI is InChI=1S/C36H26.C30H22.4C2H6.CH4.O3S/c1-6-16-27(17-7-1)32-26-33(28-18-8-2-9-19-28)35(30-22-12-4-13-23-30)36(31-24-14-5-15-25-31)34(32)29-20-10-3-11-21-29;1-5-13-23(14-6-1)27-21-22-28(24-15-7-2-8-16-24)30(26-19-11-4-12-20-26)29(27)25-17-9-3-10-18-25;4*1-2;;1-4(2)3/h1-26H;1-22H;4*1-2H3;1H4;. The number of hydrogen-bond acceptors (Lipinski definition) is 3. The topological polar surface area (TPSA) is 51.2 Å². The SMILES string of the molecule is C.CC.CC.CC.CC.O=S(=O)=O.c1ccc(-c2cc(-c3ccccc3)c(-c3ccccc3)c(-c3ccccc3)c2-c2ccccc2)cc1.c1ccc(-c2ccc(-c3ccccc3)c(-c3ccccc3)c2-c2ccccc2)cc1. The Kier molecular flexibility index (Phi) is 27.4. The maximum Gasteiger partial charge on any atom is 0.425 e. The zero-order chi connectivity index (χ0) is 55.9. The molecule has 11 aromatic carbocycles. The lowest BCUT2D eigenvalue weighted by molar-refractivity contribution is 0.559. The molecule has 0 radical (unpaired) electrons. The van der Waals surface area contributed by atoms with E-state index in [2.05, 4.69) is 291 Å². The third kappa shape index (κ3) is 16.8. The summed E-state index contributed by atoms with van der Waals surface area (Å²) in [4.78, 5) is 0. The highest BCUT2D eigenvalue weighted by molar-refractivity contribution is 7.59. The Morgan fingerprint density at radius 1 is 0.190 bits per heavy atom. The fourth-order valence-corrected chi connectivity index (χ4v) is 9.21. The van der Waals surface area contributed by atoms with Crippen molar-refractivity contribution in [2.75, 3.05) is 0 Å². The molecular formula is C75H76O3S. The van der Waals surface area contributed by atoms with Crippen molar-refractivity contribution >= 4 is 10.6 Å². The first-order valence-corrected chi connectivity index (χ1v) is 28.2. The fourth-order valence-electron chi connectivity index (χ4n) is 9.21. The zero-order valence-electron chi connectivity index (χ0n) is 46.3. The highest BCUT2D eigenvalue weighted by Crippen LogP contribution is 2.50. The molecule has 0 unspecified atom stereocenters. The van der Waals surface area contributed by atoms with E-state index in [0.29, 0.717) is 0 Å². The summed E-state index contributed by atoms with van der Waals surface area (Å²) < 4.78 is 25.3. The lowest BCUT2D eigenvalue weighted by atomic mass is 9.79. The van der Waals surface area contributed by atoms with Crippen LogP contribution in [0, 0.1) is 0 Å². The molecular weight excluding hydrogens is 981 g/mol. The molecule has 0 spiro atoms. The first kappa shape index (κ1) is 62.6. The van der Waals surface area contributed by atoms with Crippen molar-refractivity contribution < 1.29 is 12.6 Å². The molecule has 0 atom stereocenters. The minimum atomic E-state index is -3.11. The van der Waals surface area contributed by atoms with Crippen LogP contribution in [-0.4, -0.2) is 12.6 Å². The Labute approximate surface area is 474 Å². The largest absolute Gasteiger partial charge is 0.425 e. The summed E-state index contributed by atoms with van der Waals surface area (Å²) >= 11 is 0. The van der Waals surface area contributed by atoms with Crippen LogP contribution in [0.5, 0.6) is 0 Å². The van der Waals surface area contributed by atoms with Gasteiger partial charge in [0.05, 0.1) is 0 Å². The minimum absolute atomic E-state index is 0. The van der Waals surface area contributed by atoms with Gasteiger partial charge >= 0.3 is 10.6 Å². The molecule has 11 aromatic rings. The van der Waals surface area contributed by atoms with Gasteiger partial charge in [-0.2, -0.15) is 0 Å². The lowest BCUT2D eigenvalue weighted by Crippen LogP contribution is -1.98. The monoisotopic (exact) mass is 1060 g/mol. The van der Waals surface area contributed by atoms with Crippen LogP contribution in [0.25, 0.3) is 100 Å². The molecule has 0 aromatic heterocycles. The first-order valence-electron chi connectivity index (χ1n) is 27.2. The number of rotatable bonds is 9. The predicted octanol–water partition coefficient (Wildman–Crippen LogP) is 22.1. The zero-order valence-corrected chi connectivity index (χ0v) is 47.2. The second kappa shape index (κ2) is 34.7. The van der Waals surface area contributed by atoms with Crippen molar-refractivity contribution in [3.8, 4) is 100 Å². The second-order valence-electron chi connectivity index (χ2n) is 16.5. The summed E-state index contributed by atoms with van der Waals surface area (Å²) in [7, 11) is -3.11. The van der Waals surface area contributed by atoms with Crippen molar-refractivity contribution in [1.82, 2.24) is 0 Å². The number of benzene rings is 11. The van der Waals surface area contributed by atoms with Gasteiger partial charge in [-0.1, -0.05) is 348 Å². The molecule has 0 bridgehead atoms. The van der Waals surface area contributed by atoms with E-state index in [1.165, 1.54) is 100 Å². The van der Waals surface area contributed by atoms with Crippen LogP contribution in [0.4, 0.5) is 0 Å². The molecule has 3 nitrogen and oxygen atoms in total. The van der Waals surface area contributed by atoms with Crippen LogP contribution in [0.15, 0.2) is 291 Å². The number of hydrogen-bond donors (Lipinski definition) is 0. The molecule has 0 heterocycles. The lowest BCUT2D eigenvalue weighted by Gasteiger charge is -2.24. The van der Waals surface area contributed by atoms with Crippen molar-refractivity contribution in [3.05, 3.63) is 291 Å². The van der Waals surface area contributed by atoms with Gasteiger partial charge in [0.1, 0.15) is 0 Å². The molecule has 0 aliphatic heterocycles. The molecule has 0 fully saturated rings. The Morgan fingerprint density at radius 2 is 0.329 bits per heavy atom. The van der Waals surface area contributed by atoms with Gasteiger partial charge in [0, 0.05) is 0 Å². The summed E-state index contributed by atoms with van der Waals surface area (Å²) in [6, 6.07) is 104. The third-order valence-corrected chi connectivity index (χ3v) is 12.2. The van der Waals surface area contributed by atoms with Gasteiger partial charge in [-0.15, -0.1) is 12.6 Å². The quantitative estimate of drug-likeness (QED) is 0.145. The third-order valence-electron chi connectivity index (χ3n) is 12.2. The average molecular weight is 1060 g/mol. The van der Waals surface area contributed by atoms with Gasteiger partial charge in [0.2, 0.25) is 0 Å². The van der Waals surface area contributed by atoms with Crippen LogP contribution < -0.4 is 0 Å². The van der Waals surface area contributed by atoms with E-state index in [1.54, 1.807) is 0 Å².